The van der Waals surface area contributed by atoms with E-state index in [1.54, 1.807) is 12.3 Å². The lowest BCUT2D eigenvalue weighted by molar-refractivity contribution is 0.164. The normalized spacial score (nSPS) is 17.8. The predicted octanol–water partition coefficient (Wildman–Crippen LogP) is 2.54. The Hall–Kier alpha value is -2.68. The molecule has 0 spiro atoms. The molecule has 3 rings (SSSR count). The minimum absolute atomic E-state index is 0.0484. The number of nitriles is 1. The Morgan fingerprint density at radius 1 is 1.32 bits per heavy atom. The van der Waals surface area contributed by atoms with E-state index in [0.29, 0.717) is 12.2 Å². The first-order valence-corrected chi connectivity index (χ1v) is 7.14. The van der Waals surface area contributed by atoms with Crippen molar-refractivity contribution in [2.45, 2.75) is 18.9 Å². The Balaban J connectivity index is 1.69. The summed E-state index contributed by atoms with van der Waals surface area (Å²) in [5.41, 5.74) is 1.33. The van der Waals surface area contributed by atoms with Gasteiger partial charge in [0.2, 0.25) is 0 Å². The fourth-order valence-corrected chi connectivity index (χ4v) is 2.52. The van der Waals surface area contributed by atoms with Crippen molar-refractivity contribution in [3.63, 3.8) is 0 Å². The molecule has 0 bridgehead atoms. The summed E-state index contributed by atoms with van der Waals surface area (Å²) >= 11 is 0. The first-order chi connectivity index (χ1) is 10.8. The molecule has 0 amide bonds. The van der Waals surface area contributed by atoms with Crippen LogP contribution in [0.2, 0.25) is 0 Å². The van der Waals surface area contributed by atoms with Crippen molar-refractivity contribution in [2.75, 3.05) is 18.0 Å². The van der Waals surface area contributed by atoms with Crippen LogP contribution in [-0.2, 0) is 0 Å². The average Bonchev–Trinajstić information content (AvgIpc) is 2.57. The molecule has 5 nitrogen and oxygen atoms in total. The van der Waals surface area contributed by atoms with Gasteiger partial charge in [-0.05, 0) is 37.1 Å². The molecule has 1 unspecified atom stereocenters. The Bertz CT molecular complexity index is 683. The maximum absolute atomic E-state index is 13.6. The minimum atomic E-state index is -0.445. The first-order valence-electron chi connectivity index (χ1n) is 7.14. The largest absolute Gasteiger partial charge is 0.470 e. The molecule has 0 radical (unpaired) electrons. The van der Waals surface area contributed by atoms with Crippen LogP contribution in [0.25, 0.3) is 0 Å². The smallest absolute Gasteiger partial charge is 0.250 e. The monoisotopic (exact) mass is 298 g/mol. The van der Waals surface area contributed by atoms with E-state index >= 15 is 0 Å². The summed E-state index contributed by atoms with van der Waals surface area (Å²) in [5.74, 6) is -0.396. The van der Waals surface area contributed by atoms with Gasteiger partial charge in [0.25, 0.3) is 5.88 Å². The summed E-state index contributed by atoms with van der Waals surface area (Å²) in [7, 11) is 0. The molecule has 1 aliphatic heterocycles. The van der Waals surface area contributed by atoms with Crippen molar-refractivity contribution in [1.82, 2.24) is 9.97 Å². The van der Waals surface area contributed by atoms with E-state index in [2.05, 4.69) is 14.9 Å². The molecule has 3 heterocycles. The van der Waals surface area contributed by atoms with Crippen LogP contribution >= 0.6 is 0 Å². The molecule has 0 aliphatic carbocycles. The third-order valence-electron chi connectivity index (χ3n) is 3.61. The Labute approximate surface area is 128 Å². The van der Waals surface area contributed by atoms with Gasteiger partial charge in [-0.3, -0.25) is 0 Å². The maximum Gasteiger partial charge on any atom is 0.250 e. The van der Waals surface area contributed by atoms with Crippen molar-refractivity contribution >= 4 is 5.69 Å². The van der Waals surface area contributed by atoms with Crippen LogP contribution in [0.5, 0.6) is 5.88 Å². The topological polar surface area (TPSA) is 62.0 Å². The number of hydrogen-bond donors (Lipinski definition) is 0. The highest BCUT2D eigenvalue weighted by Crippen LogP contribution is 2.23. The third kappa shape index (κ3) is 3.14. The highest BCUT2D eigenvalue weighted by atomic mass is 19.1. The van der Waals surface area contributed by atoms with Gasteiger partial charge in [0.15, 0.2) is 5.82 Å². The Morgan fingerprint density at radius 3 is 2.95 bits per heavy atom. The van der Waals surface area contributed by atoms with Crippen LogP contribution < -0.4 is 9.64 Å². The van der Waals surface area contributed by atoms with Crippen molar-refractivity contribution in [2.24, 2.45) is 0 Å². The molecule has 0 saturated carbocycles. The highest BCUT2D eigenvalue weighted by Gasteiger charge is 2.23. The number of hydrogen-bond acceptors (Lipinski definition) is 5. The molecule has 1 aliphatic rings. The second-order valence-corrected chi connectivity index (χ2v) is 5.13. The Morgan fingerprint density at radius 2 is 2.23 bits per heavy atom. The lowest BCUT2D eigenvalue weighted by Crippen LogP contribution is -2.41. The van der Waals surface area contributed by atoms with Crippen LogP contribution in [0.15, 0.2) is 36.7 Å². The summed E-state index contributed by atoms with van der Waals surface area (Å²) in [6, 6.07) is 8.44. The van der Waals surface area contributed by atoms with Gasteiger partial charge in [0.1, 0.15) is 17.9 Å². The van der Waals surface area contributed by atoms with Crippen LogP contribution in [0, 0.1) is 17.1 Å². The molecule has 1 atom stereocenters. The van der Waals surface area contributed by atoms with Crippen LogP contribution in [0.3, 0.4) is 0 Å². The number of aromatic nitrogens is 2. The highest BCUT2D eigenvalue weighted by molar-refractivity contribution is 5.46. The number of anilines is 1. The van der Waals surface area contributed by atoms with Crippen molar-refractivity contribution < 1.29 is 9.13 Å². The van der Waals surface area contributed by atoms with E-state index in [1.165, 1.54) is 18.3 Å². The number of ether oxygens (including phenoxy) is 1. The van der Waals surface area contributed by atoms with Crippen molar-refractivity contribution in [3.05, 3.63) is 48.2 Å². The predicted molar refractivity (Wildman–Crippen MR) is 79.0 cm³/mol. The van der Waals surface area contributed by atoms with Gasteiger partial charge >= 0.3 is 0 Å². The van der Waals surface area contributed by atoms with E-state index in [-0.39, 0.29) is 12.0 Å². The number of piperidine rings is 1. The van der Waals surface area contributed by atoms with E-state index in [4.69, 9.17) is 10.00 Å². The summed E-state index contributed by atoms with van der Waals surface area (Å²) < 4.78 is 19.3. The second-order valence-electron chi connectivity index (χ2n) is 5.13. The summed E-state index contributed by atoms with van der Waals surface area (Å²) in [4.78, 5) is 10.1. The molecular formula is C16H15FN4O. The van der Waals surface area contributed by atoms with Crippen molar-refractivity contribution in [1.29, 1.82) is 5.26 Å². The molecular weight excluding hydrogens is 283 g/mol. The quantitative estimate of drug-likeness (QED) is 0.871. The van der Waals surface area contributed by atoms with Gasteiger partial charge in [0, 0.05) is 12.7 Å². The standard InChI is InChI=1S/C16H15FN4O/c17-15-4-1-7-19-16(15)22-14-3-2-8-21(11-14)13-6-5-12(9-18)20-10-13/h1,4-7,10,14H,2-3,8,11H2. The van der Waals surface area contributed by atoms with Gasteiger partial charge in [-0.1, -0.05) is 0 Å². The zero-order chi connectivity index (χ0) is 15.4. The molecule has 112 valence electrons. The van der Waals surface area contributed by atoms with Crippen molar-refractivity contribution in [3.8, 4) is 11.9 Å². The maximum atomic E-state index is 13.6. The van der Waals surface area contributed by atoms with Gasteiger partial charge in [-0.2, -0.15) is 5.26 Å². The lowest BCUT2D eigenvalue weighted by atomic mass is 10.1. The molecule has 0 N–H and O–H groups in total. The molecule has 22 heavy (non-hydrogen) atoms. The fourth-order valence-electron chi connectivity index (χ4n) is 2.52. The first kappa shape index (κ1) is 14.3. The van der Waals surface area contributed by atoms with E-state index in [0.717, 1.165) is 25.1 Å². The summed E-state index contributed by atoms with van der Waals surface area (Å²) in [5, 5.41) is 8.78. The fraction of sp³-hybridized carbons (Fsp3) is 0.312. The number of pyridine rings is 2. The van der Waals surface area contributed by atoms with E-state index in [9.17, 15) is 4.39 Å². The van der Waals surface area contributed by atoms with Crippen LogP contribution in [-0.4, -0.2) is 29.2 Å². The second kappa shape index (κ2) is 6.39. The minimum Gasteiger partial charge on any atom is -0.470 e. The summed E-state index contributed by atoms with van der Waals surface area (Å²) in [6.45, 7) is 1.53. The zero-order valence-corrected chi connectivity index (χ0v) is 11.9. The molecule has 2 aromatic rings. The number of halogens is 1. The number of nitrogens with zero attached hydrogens (tertiary/aromatic N) is 4. The lowest BCUT2D eigenvalue weighted by Gasteiger charge is -2.34. The molecule has 1 fully saturated rings. The van der Waals surface area contributed by atoms with E-state index in [1.807, 2.05) is 12.1 Å². The molecule has 6 heteroatoms. The molecule has 0 aromatic carbocycles. The third-order valence-corrected chi connectivity index (χ3v) is 3.61. The molecule has 1 saturated heterocycles. The van der Waals surface area contributed by atoms with Gasteiger partial charge < -0.3 is 9.64 Å². The van der Waals surface area contributed by atoms with E-state index < -0.39 is 5.82 Å². The SMILES string of the molecule is N#Cc1ccc(N2CCCC(Oc3ncccc3F)C2)cn1. The average molecular weight is 298 g/mol. The zero-order valence-electron chi connectivity index (χ0n) is 11.9. The van der Waals surface area contributed by atoms with Gasteiger partial charge in [-0.15, -0.1) is 0 Å². The number of rotatable bonds is 3. The molecule has 2 aromatic heterocycles. The summed E-state index contributed by atoms with van der Waals surface area (Å²) in [6.07, 6.45) is 4.88. The van der Waals surface area contributed by atoms with Gasteiger partial charge in [-0.25, -0.2) is 14.4 Å². The van der Waals surface area contributed by atoms with Crippen LogP contribution in [0.1, 0.15) is 18.5 Å². The van der Waals surface area contributed by atoms with Gasteiger partial charge in [0.05, 0.1) is 18.4 Å². The Kier molecular flexibility index (Phi) is 4.15. The van der Waals surface area contributed by atoms with Crippen LogP contribution in [0.4, 0.5) is 10.1 Å².